The van der Waals surface area contributed by atoms with E-state index in [0.29, 0.717) is 10.8 Å². The summed E-state index contributed by atoms with van der Waals surface area (Å²) >= 11 is 5.84. The van der Waals surface area contributed by atoms with Gasteiger partial charge in [0.15, 0.2) is 6.29 Å². The molecule has 1 aromatic rings. The van der Waals surface area contributed by atoms with Gasteiger partial charge in [-0.25, -0.2) is 0 Å². The van der Waals surface area contributed by atoms with Crippen LogP contribution in [0.3, 0.4) is 0 Å². The number of hydrogen-bond acceptors (Lipinski definition) is 1. The predicted octanol–water partition coefficient (Wildman–Crippen LogP) is 3.24. The standard InChI is InChI=1S/C12H13ClO2/c1-2-3-4-10-5-6-11(13)9-12(10)15-8-7-14/h5-6,8-9H,2-4H2,1H3. The molecule has 0 fully saturated rings. The van der Waals surface area contributed by atoms with E-state index in [4.69, 9.17) is 16.0 Å². The molecule has 0 unspecified atom stereocenters. The van der Waals surface area contributed by atoms with E-state index < -0.39 is 0 Å². The smallest absolute Gasteiger partial charge is 0.352 e. The first kappa shape index (κ1) is 11.9. The summed E-state index contributed by atoms with van der Waals surface area (Å²) in [6.07, 6.45) is 5.71. The molecule has 0 saturated heterocycles. The van der Waals surface area contributed by atoms with Crippen LogP contribution in [-0.2, 0) is 15.6 Å². The highest BCUT2D eigenvalue weighted by molar-refractivity contribution is 6.30. The van der Waals surface area contributed by atoms with Crippen LogP contribution < -0.4 is 0 Å². The number of unbranched alkanes of at least 4 members (excludes halogenated alkanes) is 1. The molecule has 0 amide bonds. The molecule has 0 aliphatic carbocycles. The van der Waals surface area contributed by atoms with E-state index in [0.717, 1.165) is 31.1 Å². The lowest BCUT2D eigenvalue weighted by molar-refractivity contribution is -0.359. The molecule has 3 heteroatoms. The Kier molecular flexibility index (Phi) is 5.05. The second-order valence-electron chi connectivity index (χ2n) is 3.21. The van der Waals surface area contributed by atoms with Gasteiger partial charge in [0.05, 0.1) is 16.7 Å². The Balaban J connectivity index is 2.91. The molecule has 1 aromatic carbocycles. The van der Waals surface area contributed by atoms with Gasteiger partial charge in [0.25, 0.3) is 0 Å². The van der Waals surface area contributed by atoms with Gasteiger partial charge >= 0.3 is 5.75 Å². The summed E-state index contributed by atoms with van der Waals surface area (Å²) in [5, 5.41) is 0.601. The van der Waals surface area contributed by atoms with Gasteiger partial charge in [-0.05, 0) is 25.0 Å². The fraction of sp³-hybridized carbons (Fsp3) is 0.333. The maximum atomic E-state index is 10.0. The van der Waals surface area contributed by atoms with Crippen LogP contribution in [0.1, 0.15) is 25.3 Å². The van der Waals surface area contributed by atoms with Crippen molar-refractivity contribution in [3.05, 3.63) is 28.8 Å². The van der Waals surface area contributed by atoms with Crippen LogP contribution in [0.2, 0.25) is 5.02 Å². The summed E-state index contributed by atoms with van der Waals surface area (Å²) in [5.41, 5.74) is 1.06. The first-order chi connectivity index (χ1) is 7.27. The van der Waals surface area contributed by atoms with Gasteiger partial charge in [0, 0.05) is 0 Å². The molecule has 80 valence electrons. The number of aryl methyl sites for hydroxylation is 1. The number of carbonyl (C=O) groups excluding carboxylic acids is 2. The topological polar surface area (TPSA) is 28.4 Å². The fourth-order valence-electron chi connectivity index (χ4n) is 1.30. The molecule has 0 N–H and O–H groups in total. The molecule has 0 aromatic heterocycles. The van der Waals surface area contributed by atoms with E-state index in [1.165, 1.54) is 0 Å². The monoisotopic (exact) mass is 224 g/mol. The Labute approximate surface area is 94.6 Å². The Morgan fingerprint density at radius 2 is 2.33 bits per heavy atom. The van der Waals surface area contributed by atoms with Crippen molar-refractivity contribution in [2.45, 2.75) is 26.2 Å². The molecule has 0 aliphatic rings. The molecule has 0 radical (unpaired) electrons. The first-order valence-electron chi connectivity index (χ1n) is 4.92. The summed E-state index contributed by atoms with van der Waals surface area (Å²) in [6.45, 7) is 2.13. The van der Waals surface area contributed by atoms with E-state index in [2.05, 4.69) is 6.92 Å². The van der Waals surface area contributed by atoms with E-state index in [1.807, 2.05) is 12.1 Å². The van der Waals surface area contributed by atoms with Crippen molar-refractivity contribution in [2.24, 2.45) is 0 Å². The normalized spacial score (nSPS) is 10.8. The van der Waals surface area contributed by atoms with Crippen LogP contribution in [0.5, 0.6) is 5.75 Å². The molecule has 1 rings (SSSR count). The summed E-state index contributed by atoms with van der Waals surface area (Å²) in [6, 6.07) is 5.45. The van der Waals surface area contributed by atoms with E-state index in [9.17, 15) is 4.79 Å². The van der Waals surface area contributed by atoms with E-state index in [1.54, 1.807) is 12.4 Å². The Hall–Kier alpha value is -1.15. The summed E-state index contributed by atoms with van der Waals surface area (Å²) in [5.74, 6) is 0.638. The van der Waals surface area contributed by atoms with Gasteiger partial charge in [0.2, 0.25) is 0 Å². The van der Waals surface area contributed by atoms with Gasteiger partial charge in [0.1, 0.15) is 0 Å². The SMILES string of the molecule is CCCCc1ccc(Cl)cc1[O+]=C[C-]=O. The molecule has 0 heterocycles. The third kappa shape index (κ3) is 3.84. The second kappa shape index (κ2) is 6.36. The molecule has 0 bridgehead atoms. The molecule has 0 spiro atoms. The zero-order chi connectivity index (χ0) is 11.1. The van der Waals surface area contributed by atoms with E-state index in [-0.39, 0.29) is 0 Å². The van der Waals surface area contributed by atoms with Gasteiger partial charge in [-0.15, -0.1) is 6.29 Å². The van der Waals surface area contributed by atoms with Crippen molar-refractivity contribution in [1.29, 1.82) is 0 Å². The first-order valence-corrected chi connectivity index (χ1v) is 5.30. The average Bonchev–Trinajstić information content (AvgIpc) is 2.25. The van der Waals surface area contributed by atoms with Crippen LogP contribution in [-0.4, -0.2) is 12.6 Å². The molecular formula is C12H13ClO2. The van der Waals surface area contributed by atoms with Crippen molar-refractivity contribution >= 4 is 24.2 Å². The minimum absolute atomic E-state index is 0.601. The lowest BCUT2D eigenvalue weighted by Crippen LogP contribution is -1.88. The van der Waals surface area contributed by atoms with Crippen LogP contribution >= 0.6 is 11.6 Å². The Bertz CT molecular complexity index is 359. The number of benzene rings is 1. The zero-order valence-corrected chi connectivity index (χ0v) is 9.38. The number of halogens is 1. The highest BCUT2D eigenvalue weighted by atomic mass is 35.5. The molecule has 0 saturated carbocycles. The third-order valence-corrected chi connectivity index (χ3v) is 2.30. The third-order valence-electron chi connectivity index (χ3n) is 2.06. The summed E-state index contributed by atoms with van der Waals surface area (Å²) in [7, 11) is 0. The Morgan fingerprint density at radius 1 is 1.53 bits per heavy atom. The maximum Gasteiger partial charge on any atom is 0.352 e. The molecule has 0 aliphatic heterocycles. The summed E-state index contributed by atoms with van der Waals surface area (Å²) < 4.78 is 5.13. The molecule has 2 nitrogen and oxygen atoms in total. The van der Waals surface area contributed by atoms with Crippen molar-refractivity contribution in [2.75, 3.05) is 0 Å². The fourth-order valence-corrected chi connectivity index (χ4v) is 1.46. The minimum atomic E-state index is 0.601. The number of aldehydes is 1. The van der Waals surface area contributed by atoms with Crippen molar-refractivity contribution in [3.63, 3.8) is 0 Å². The lowest BCUT2D eigenvalue weighted by Gasteiger charge is -1.98. The minimum Gasteiger partial charge on any atom is -0.529 e. The highest BCUT2D eigenvalue weighted by Gasteiger charge is 2.10. The van der Waals surface area contributed by atoms with Crippen molar-refractivity contribution < 1.29 is 9.22 Å². The average molecular weight is 225 g/mol. The zero-order valence-electron chi connectivity index (χ0n) is 8.63. The Morgan fingerprint density at radius 3 is 3.00 bits per heavy atom. The second-order valence-corrected chi connectivity index (χ2v) is 3.65. The largest absolute Gasteiger partial charge is 0.529 e. The van der Waals surface area contributed by atoms with Crippen LogP contribution in [0.4, 0.5) is 0 Å². The molecule has 15 heavy (non-hydrogen) atoms. The van der Waals surface area contributed by atoms with Crippen LogP contribution in [0, 0.1) is 0 Å². The number of rotatable bonds is 5. The lowest BCUT2D eigenvalue weighted by atomic mass is 10.1. The van der Waals surface area contributed by atoms with Crippen LogP contribution in [0.15, 0.2) is 18.2 Å². The molecular weight excluding hydrogens is 212 g/mol. The molecule has 0 atom stereocenters. The predicted molar refractivity (Wildman–Crippen MR) is 61.3 cm³/mol. The quantitative estimate of drug-likeness (QED) is 0.327. The van der Waals surface area contributed by atoms with Crippen molar-refractivity contribution in [1.82, 2.24) is 0 Å². The van der Waals surface area contributed by atoms with Crippen molar-refractivity contribution in [3.8, 4) is 5.75 Å². The van der Waals surface area contributed by atoms with E-state index >= 15 is 0 Å². The number of hydrogen-bond donors (Lipinski definition) is 0. The van der Waals surface area contributed by atoms with Gasteiger partial charge in [-0.2, -0.15) is 0 Å². The van der Waals surface area contributed by atoms with Gasteiger partial charge < -0.3 is 4.79 Å². The maximum absolute atomic E-state index is 10.0. The highest BCUT2D eigenvalue weighted by Crippen LogP contribution is 2.24. The van der Waals surface area contributed by atoms with Crippen LogP contribution in [0.25, 0.3) is 0 Å². The summed E-state index contributed by atoms with van der Waals surface area (Å²) in [4.78, 5) is 10.0. The van der Waals surface area contributed by atoms with Gasteiger partial charge in [-0.3, -0.25) is 4.42 Å². The van der Waals surface area contributed by atoms with Gasteiger partial charge in [-0.1, -0.05) is 24.9 Å².